The number of aryl methyl sites for hydroxylation is 1. The molecule has 3 rings (SSSR count). The van der Waals surface area contributed by atoms with Crippen molar-refractivity contribution in [2.24, 2.45) is 0 Å². The van der Waals surface area contributed by atoms with Crippen LogP contribution >= 0.6 is 0 Å². The molecule has 0 aromatic carbocycles. The number of ether oxygens (including phenoxy) is 2. The number of carbonyl (C=O) groups is 1. The van der Waals surface area contributed by atoms with Crippen molar-refractivity contribution in [3.05, 3.63) is 29.9 Å². The summed E-state index contributed by atoms with van der Waals surface area (Å²) in [5, 5.41) is 6.65. The van der Waals surface area contributed by atoms with Crippen LogP contribution < -0.4 is 14.8 Å². The number of amides is 1. The fourth-order valence-electron chi connectivity index (χ4n) is 2.76. The van der Waals surface area contributed by atoms with Crippen molar-refractivity contribution in [3.8, 4) is 11.8 Å². The second-order valence-corrected chi connectivity index (χ2v) is 5.76. The Labute approximate surface area is 139 Å². The van der Waals surface area contributed by atoms with Gasteiger partial charge in [-0.1, -0.05) is 5.16 Å². The number of hydrogen-bond acceptors (Lipinski definition) is 7. The van der Waals surface area contributed by atoms with Crippen molar-refractivity contribution in [2.75, 3.05) is 7.11 Å². The molecule has 8 heteroatoms. The van der Waals surface area contributed by atoms with Gasteiger partial charge in [0.25, 0.3) is 5.91 Å². The van der Waals surface area contributed by atoms with Gasteiger partial charge < -0.3 is 19.3 Å². The third-order valence-corrected chi connectivity index (χ3v) is 4.09. The quantitative estimate of drug-likeness (QED) is 0.892. The zero-order chi connectivity index (χ0) is 16.9. The van der Waals surface area contributed by atoms with Crippen LogP contribution in [0.25, 0.3) is 0 Å². The molecule has 0 bridgehead atoms. The van der Waals surface area contributed by atoms with Crippen molar-refractivity contribution in [1.82, 2.24) is 20.4 Å². The molecule has 8 nitrogen and oxygen atoms in total. The van der Waals surface area contributed by atoms with Crippen LogP contribution in [0, 0.1) is 6.92 Å². The van der Waals surface area contributed by atoms with Gasteiger partial charge in [0.05, 0.1) is 25.7 Å². The summed E-state index contributed by atoms with van der Waals surface area (Å²) in [6.45, 7) is 1.72. The highest BCUT2D eigenvalue weighted by Crippen LogP contribution is 2.24. The molecular formula is C16H20N4O4. The summed E-state index contributed by atoms with van der Waals surface area (Å²) in [6.07, 6.45) is 7.99. The van der Waals surface area contributed by atoms with Crippen LogP contribution in [0.4, 0.5) is 0 Å². The topological polar surface area (TPSA) is 99.4 Å². The first kappa shape index (κ1) is 16.2. The number of carbonyl (C=O) groups excluding carboxylic acids is 1. The lowest BCUT2D eigenvalue weighted by molar-refractivity contribution is 0.0887. The van der Waals surface area contributed by atoms with E-state index in [0.29, 0.717) is 23.1 Å². The molecule has 1 aliphatic rings. The molecule has 0 saturated heterocycles. The average molecular weight is 332 g/mol. The van der Waals surface area contributed by atoms with Crippen molar-refractivity contribution >= 4 is 5.91 Å². The average Bonchev–Trinajstić information content (AvgIpc) is 3.03. The van der Waals surface area contributed by atoms with Crippen molar-refractivity contribution in [3.63, 3.8) is 0 Å². The molecular weight excluding hydrogens is 312 g/mol. The Hall–Kier alpha value is -2.64. The maximum Gasteiger partial charge on any atom is 0.256 e. The van der Waals surface area contributed by atoms with Gasteiger partial charge in [0.15, 0.2) is 0 Å². The number of aromatic nitrogens is 3. The summed E-state index contributed by atoms with van der Waals surface area (Å²) in [5.74, 6) is 1.28. The number of nitrogens with one attached hydrogen (secondary N) is 1. The van der Waals surface area contributed by atoms with Crippen LogP contribution in [0.1, 0.15) is 41.8 Å². The lowest BCUT2D eigenvalue weighted by Gasteiger charge is -2.29. The molecule has 128 valence electrons. The molecule has 0 atom stereocenters. The van der Waals surface area contributed by atoms with Crippen LogP contribution in [-0.4, -0.2) is 40.3 Å². The highest BCUT2D eigenvalue weighted by molar-refractivity contribution is 5.94. The first-order valence-corrected chi connectivity index (χ1v) is 7.90. The standard InChI is InChI=1S/C16H20N4O4/c1-10-13(7-18-24-10)16(21)19-11-3-5-12(6-4-11)23-15-9-17-8-14(20-15)22-2/h7-9,11-12H,3-6H2,1-2H3,(H,19,21). The van der Waals surface area contributed by atoms with E-state index in [1.807, 2.05) is 0 Å². The van der Waals surface area contributed by atoms with Gasteiger partial charge in [0.2, 0.25) is 11.8 Å². The van der Waals surface area contributed by atoms with Gasteiger partial charge in [0.1, 0.15) is 17.4 Å². The second kappa shape index (κ2) is 7.29. The summed E-state index contributed by atoms with van der Waals surface area (Å²) in [4.78, 5) is 20.4. The fourth-order valence-corrected chi connectivity index (χ4v) is 2.76. The summed E-state index contributed by atoms with van der Waals surface area (Å²) in [6, 6.07) is 0.128. The molecule has 1 aliphatic carbocycles. The third-order valence-electron chi connectivity index (χ3n) is 4.09. The van der Waals surface area contributed by atoms with Crippen LogP contribution in [-0.2, 0) is 0 Å². The molecule has 1 fully saturated rings. The minimum atomic E-state index is -0.142. The Morgan fingerprint density at radius 3 is 2.62 bits per heavy atom. The fraction of sp³-hybridized carbons (Fsp3) is 0.500. The Morgan fingerprint density at radius 2 is 1.96 bits per heavy atom. The maximum atomic E-state index is 12.2. The van der Waals surface area contributed by atoms with E-state index in [9.17, 15) is 4.79 Å². The highest BCUT2D eigenvalue weighted by Gasteiger charge is 2.25. The largest absolute Gasteiger partial charge is 0.480 e. The second-order valence-electron chi connectivity index (χ2n) is 5.76. The zero-order valence-corrected chi connectivity index (χ0v) is 13.7. The molecule has 0 radical (unpaired) electrons. The highest BCUT2D eigenvalue weighted by atomic mass is 16.5. The molecule has 1 saturated carbocycles. The van der Waals surface area contributed by atoms with Crippen LogP contribution in [0.5, 0.6) is 11.8 Å². The number of methoxy groups -OCH3 is 1. The van der Waals surface area contributed by atoms with Gasteiger partial charge in [-0.05, 0) is 32.6 Å². The molecule has 0 unspecified atom stereocenters. The van der Waals surface area contributed by atoms with E-state index in [4.69, 9.17) is 14.0 Å². The Balaban J connectivity index is 1.49. The molecule has 1 N–H and O–H groups in total. The van der Waals surface area contributed by atoms with E-state index in [1.54, 1.807) is 20.2 Å². The van der Waals surface area contributed by atoms with Gasteiger partial charge in [-0.2, -0.15) is 4.98 Å². The van der Waals surface area contributed by atoms with E-state index in [1.165, 1.54) is 12.4 Å². The summed E-state index contributed by atoms with van der Waals surface area (Å²) < 4.78 is 15.8. The van der Waals surface area contributed by atoms with Crippen LogP contribution in [0.3, 0.4) is 0 Å². The molecule has 1 amide bonds. The van der Waals surface area contributed by atoms with E-state index in [0.717, 1.165) is 25.7 Å². The summed E-state index contributed by atoms with van der Waals surface area (Å²) in [7, 11) is 1.54. The molecule has 2 heterocycles. The normalized spacial score (nSPS) is 20.4. The molecule has 24 heavy (non-hydrogen) atoms. The third kappa shape index (κ3) is 3.81. The number of rotatable bonds is 5. The van der Waals surface area contributed by atoms with E-state index >= 15 is 0 Å². The van der Waals surface area contributed by atoms with Crippen molar-refractivity contribution in [1.29, 1.82) is 0 Å². The molecule has 0 aliphatic heterocycles. The molecule has 0 spiro atoms. The summed E-state index contributed by atoms with van der Waals surface area (Å²) >= 11 is 0. The lowest BCUT2D eigenvalue weighted by atomic mass is 9.92. The molecule has 2 aromatic rings. The maximum absolute atomic E-state index is 12.2. The van der Waals surface area contributed by atoms with E-state index in [2.05, 4.69) is 20.4 Å². The summed E-state index contributed by atoms with van der Waals surface area (Å²) in [5.41, 5.74) is 0.486. The Kier molecular flexibility index (Phi) is 4.93. The van der Waals surface area contributed by atoms with Crippen LogP contribution in [0.2, 0.25) is 0 Å². The molecule has 2 aromatic heterocycles. The minimum absolute atomic E-state index is 0.0666. The van der Waals surface area contributed by atoms with Gasteiger partial charge in [0, 0.05) is 6.04 Å². The predicted molar refractivity (Wildman–Crippen MR) is 84.0 cm³/mol. The van der Waals surface area contributed by atoms with Gasteiger partial charge in [-0.3, -0.25) is 9.78 Å². The first-order chi connectivity index (χ1) is 11.7. The Bertz CT molecular complexity index is 695. The van der Waals surface area contributed by atoms with Crippen LogP contribution in [0.15, 0.2) is 23.1 Å². The van der Waals surface area contributed by atoms with Crippen molar-refractivity contribution < 1.29 is 18.8 Å². The zero-order valence-electron chi connectivity index (χ0n) is 13.7. The van der Waals surface area contributed by atoms with Gasteiger partial charge in [-0.25, -0.2) is 0 Å². The van der Waals surface area contributed by atoms with Crippen molar-refractivity contribution in [2.45, 2.75) is 44.8 Å². The minimum Gasteiger partial charge on any atom is -0.480 e. The Morgan fingerprint density at radius 1 is 1.21 bits per heavy atom. The van der Waals surface area contributed by atoms with Gasteiger partial charge >= 0.3 is 0 Å². The first-order valence-electron chi connectivity index (χ1n) is 7.90. The van der Waals surface area contributed by atoms with E-state index < -0.39 is 0 Å². The lowest BCUT2D eigenvalue weighted by Crippen LogP contribution is -2.39. The monoisotopic (exact) mass is 332 g/mol. The number of hydrogen-bond donors (Lipinski definition) is 1. The van der Waals surface area contributed by atoms with Gasteiger partial charge in [-0.15, -0.1) is 0 Å². The van der Waals surface area contributed by atoms with E-state index in [-0.39, 0.29) is 18.1 Å². The smallest absolute Gasteiger partial charge is 0.256 e. The predicted octanol–water partition coefficient (Wildman–Crippen LogP) is 1.90. The SMILES string of the molecule is COc1cncc(OC2CCC(NC(=O)c3cnoc3C)CC2)n1. The number of nitrogens with zero attached hydrogens (tertiary/aromatic N) is 3.